The minimum atomic E-state index is 0.735. The summed E-state index contributed by atoms with van der Waals surface area (Å²) >= 11 is 1.69. The van der Waals surface area contributed by atoms with Crippen molar-refractivity contribution in [2.75, 3.05) is 13.1 Å². The first kappa shape index (κ1) is 9.99. The molecular weight excluding hydrogens is 220 g/mol. The van der Waals surface area contributed by atoms with E-state index < -0.39 is 0 Å². The maximum Gasteiger partial charge on any atom is 0.191 e. The molecule has 0 atom stereocenters. The van der Waals surface area contributed by atoms with Gasteiger partial charge in [0, 0.05) is 13.5 Å². The molecule has 0 amide bonds. The highest BCUT2D eigenvalue weighted by Gasteiger charge is 2.20. The summed E-state index contributed by atoms with van der Waals surface area (Å²) in [5.41, 5.74) is 0. The molecule has 1 fully saturated rings. The maximum absolute atomic E-state index is 4.61. The Kier molecular flexibility index (Phi) is 2.49. The van der Waals surface area contributed by atoms with E-state index in [0.717, 1.165) is 42.0 Å². The Morgan fingerprint density at radius 1 is 1.56 bits per heavy atom. The SMILES string of the molecule is Cn1nc(-c2cccs2)nc1CC1CNC1. The predicted octanol–water partition coefficient (Wildman–Crippen LogP) is 1.31. The van der Waals surface area contributed by atoms with Gasteiger partial charge >= 0.3 is 0 Å². The zero-order valence-corrected chi connectivity index (χ0v) is 10.00. The van der Waals surface area contributed by atoms with Crippen LogP contribution in [0.2, 0.25) is 0 Å². The molecule has 0 aliphatic carbocycles. The van der Waals surface area contributed by atoms with Gasteiger partial charge in [0.15, 0.2) is 5.82 Å². The fourth-order valence-electron chi connectivity index (χ4n) is 1.86. The Bertz CT molecular complexity index is 470. The van der Waals surface area contributed by atoms with Crippen LogP contribution in [0.25, 0.3) is 10.7 Å². The van der Waals surface area contributed by atoms with Gasteiger partial charge in [-0.05, 0) is 30.5 Å². The van der Waals surface area contributed by atoms with Crippen LogP contribution in [0.4, 0.5) is 0 Å². The number of rotatable bonds is 3. The second-order valence-electron chi connectivity index (χ2n) is 4.18. The lowest BCUT2D eigenvalue weighted by Crippen LogP contribution is -2.43. The van der Waals surface area contributed by atoms with E-state index in [-0.39, 0.29) is 0 Å². The average molecular weight is 234 g/mol. The van der Waals surface area contributed by atoms with Crippen LogP contribution in [0.1, 0.15) is 5.82 Å². The van der Waals surface area contributed by atoms with E-state index in [1.165, 1.54) is 0 Å². The van der Waals surface area contributed by atoms with Gasteiger partial charge in [-0.1, -0.05) is 6.07 Å². The van der Waals surface area contributed by atoms with Gasteiger partial charge in [0.25, 0.3) is 0 Å². The van der Waals surface area contributed by atoms with E-state index in [1.54, 1.807) is 11.3 Å². The average Bonchev–Trinajstić information content (AvgIpc) is 2.80. The standard InChI is InChI=1S/C11H14N4S/c1-15-10(5-8-6-12-7-8)13-11(14-15)9-3-2-4-16-9/h2-4,8,12H,5-7H2,1H3. The molecule has 0 aromatic carbocycles. The van der Waals surface area contributed by atoms with Gasteiger partial charge in [0.05, 0.1) is 4.88 Å². The number of aryl methyl sites for hydroxylation is 1. The fraction of sp³-hybridized carbons (Fsp3) is 0.455. The Morgan fingerprint density at radius 2 is 2.44 bits per heavy atom. The van der Waals surface area contributed by atoms with Gasteiger partial charge in [-0.2, -0.15) is 5.10 Å². The first-order valence-corrected chi connectivity index (χ1v) is 6.35. The van der Waals surface area contributed by atoms with Crippen LogP contribution in [-0.4, -0.2) is 27.9 Å². The molecule has 84 valence electrons. The molecule has 16 heavy (non-hydrogen) atoms. The van der Waals surface area contributed by atoms with Gasteiger partial charge in [-0.25, -0.2) is 4.98 Å². The van der Waals surface area contributed by atoms with E-state index in [0.29, 0.717) is 0 Å². The highest BCUT2D eigenvalue weighted by Crippen LogP contribution is 2.22. The van der Waals surface area contributed by atoms with Crippen LogP contribution < -0.4 is 5.32 Å². The second kappa shape index (κ2) is 3.99. The van der Waals surface area contributed by atoms with Crippen molar-refractivity contribution in [2.45, 2.75) is 6.42 Å². The Balaban J connectivity index is 1.83. The van der Waals surface area contributed by atoms with Crippen molar-refractivity contribution in [3.05, 3.63) is 23.3 Å². The molecule has 0 spiro atoms. The monoisotopic (exact) mass is 234 g/mol. The highest BCUT2D eigenvalue weighted by atomic mass is 32.1. The number of hydrogen-bond donors (Lipinski definition) is 1. The number of nitrogens with one attached hydrogen (secondary N) is 1. The number of aromatic nitrogens is 3. The lowest BCUT2D eigenvalue weighted by Gasteiger charge is -2.26. The first-order valence-electron chi connectivity index (χ1n) is 5.47. The molecule has 0 radical (unpaired) electrons. The zero-order chi connectivity index (χ0) is 11.0. The molecule has 4 nitrogen and oxygen atoms in total. The number of hydrogen-bond acceptors (Lipinski definition) is 4. The number of thiophene rings is 1. The van der Waals surface area contributed by atoms with Crippen molar-refractivity contribution in [1.82, 2.24) is 20.1 Å². The quantitative estimate of drug-likeness (QED) is 0.870. The van der Waals surface area contributed by atoms with Crippen LogP contribution in [0.3, 0.4) is 0 Å². The summed E-state index contributed by atoms with van der Waals surface area (Å²) in [5, 5.41) is 9.80. The van der Waals surface area contributed by atoms with E-state index in [2.05, 4.69) is 26.8 Å². The normalized spacial score (nSPS) is 16.3. The van der Waals surface area contributed by atoms with Crippen molar-refractivity contribution >= 4 is 11.3 Å². The van der Waals surface area contributed by atoms with Crippen molar-refractivity contribution in [3.8, 4) is 10.7 Å². The van der Waals surface area contributed by atoms with E-state index in [4.69, 9.17) is 0 Å². The van der Waals surface area contributed by atoms with Gasteiger partial charge in [-0.3, -0.25) is 4.68 Å². The van der Waals surface area contributed by atoms with Crippen LogP contribution in [-0.2, 0) is 13.5 Å². The lowest BCUT2D eigenvalue weighted by molar-refractivity contribution is 0.337. The first-order chi connectivity index (χ1) is 7.83. The third-order valence-corrected chi connectivity index (χ3v) is 3.80. The van der Waals surface area contributed by atoms with Crippen LogP contribution in [0, 0.1) is 5.92 Å². The van der Waals surface area contributed by atoms with Crippen molar-refractivity contribution in [1.29, 1.82) is 0 Å². The fourth-order valence-corrected chi connectivity index (χ4v) is 2.51. The minimum absolute atomic E-state index is 0.735. The maximum atomic E-state index is 4.61. The largest absolute Gasteiger partial charge is 0.316 e. The molecule has 1 N–H and O–H groups in total. The summed E-state index contributed by atoms with van der Waals surface area (Å²) in [4.78, 5) is 5.76. The molecule has 2 aromatic rings. The summed E-state index contributed by atoms with van der Waals surface area (Å²) in [7, 11) is 1.98. The highest BCUT2D eigenvalue weighted by molar-refractivity contribution is 7.13. The molecular formula is C11H14N4S. The smallest absolute Gasteiger partial charge is 0.191 e. The molecule has 1 aliphatic rings. The van der Waals surface area contributed by atoms with Crippen LogP contribution in [0.15, 0.2) is 17.5 Å². The summed E-state index contributed by atoms with van der Waals surface area (Å²) in [6.45, 7) is 2.22. The number of nitrogens with zero attached hydrogens (tertiary/aromatic N) is 3. The molecule has 1 saturated heterocycles. The summed E-state index contributed by atoms with van der Waals surface area (Å²) in [6, 6.07) is 4.10. The van der Waals surface area contributed by atoms with Crippen molar-refractivity contribution in [3.63, 3.8) is 0 Å². The molecule has 0 unspecified atom stereocenters. The second-order valence-corrected chi connectivity index (χ2v) is 5.13. The van der Waals surface area contributed by atoms with Gasteiger partial charge in [0.2, 0.25) is 0 Å². The Morgan fingerprint density at radius 3 is 3.06 bits per heavy atom. The molecule has 3 rings (SSSR count). The zero-order valence-electron chi connectivity index (χ0n) is 9.18. The van der Waals surface area contributed by atoms with Crippen molar-refractivity contribution in [2.24, 2.45) is 13.0 Å². The molecule has 3 heterocycles. The lowest BCUT2D eigenvalue weighted by atomic mass is 9.99. The predicted molar refractivity (Wildman–Crippen MR) is 64.4 cm³/mol. The molecule has 5 heteroatoms. The van der Waals surface area contributed by atoms with E-state index in [9.17, 15) is 0 Å². The summed E-state index contributed by atoms with van der Waals surface area (Å²) in [6.07, 6.45) is 1.03. The molecule has 1 aliphatic heterocycles. The van der Waals surface area contributed by atoms with Crippen molar-refractivity contribution < 1.29 is 0 Å². The van der Waals surface area contributed by atoms with E-state index >= 15 is 0 Å². The van der Waals surface area contributed by atoms with Gasteiger partial charge in [0.1, 0.15) is 5.82 Å². The summed E-state index contributed by atoms with van der Waals surface area (Å²) < 4.78 is 1.91. The topological polar surface area (TPSA) is 42.7 Å². The molecule has 0 saturated carbocycles. The Hall–Kier alpha value is -1.20. The minimum Gasteiger partial charge on any atom is -0.316 e. The van der Waals surface area contributed by atoms with Gasteiger partial charge in [-0.15, -0.1) is 11.3 Å². The molecule has 2 aromatic heterocycles. The van der Waals surface area contributed by atoms with Crippen LogP contribution in [0.5, 0.6) is 0 Å². The Labute approximate surface area is 98.3 Å². The van der Waals surface area contributed by atoms with E-state index in [1.807, 2.05) is 17.8 Å². The molecule has 0 bridgehead atoms. The third kappa shape index (κ3) is 1.76. The summed E-state index contributed by atoms with van der Waals surface area (Å²) in [5.74, 6) is 2.69. The van der Waals surface area contributed by atoms with Crippen LogP contribution >= 0.6 is 11.3 Å². The third-order valence-electron chi connectivity index (χ3n) is 2.93. The van der Waals surface area contributed by atoms with Gasteiger partial charge < -0.3 is 5.32 Å².